The van der Waals surface area contributed by atoms with Gasteiger partial charge in [0, 0.05) is 0 Å². The standard InChI is InChI=1S/C19H15N7O4/c1-28-12-7-5-11(6-8-12)25-18-16(13(23-25)10-15(27)29-2)21-22-19-20-17(24-26(18)19)14-4-3-9-30-14/h3-9H,10H2,1-2H3. The molecule has 4 heterocycles. The van der Waals surface area contributed by atoms with Crippen LogP contribution in [0.2, 0.25) is 0 Å². The molecular formula is C19H15N7O4. The summed E-state index contributed by atoms with van der Waals surface area (Å²) in [5, 5.41) is 17.5. The number of nitrogens with zero attached hydrogens (tertiary/aromatic N) is 7. The zero-order chi connectivity index (χ0) is 20.7. The van der Waals surface area contributed by atoms with Gasteiger partial charge in [0.25, 0.3) is 5.78 Å². The molecule has 11 heteroatoms. The van der Waals surface area contributed by atoms with Crippen molar-refractivity contribution >= 4 is 22.9 Å². The third-order valence-electron chi connectivity index (χ3n) is 4.53. The lowest BCUT2D eigenvalue weighted by Gasteiger charge is -2.05. The molecule has 0 aliphatic carbocycles. The van der Waals surface area contributed by atoms with Crippen LogP contribution in [-0.4, -0.2) is 54.8 Å². The highest BCUT2D eigenvalue weighted by molar-refractivity contribution is 5.82. The predicted molar refractivity (Wildman–Crippen MR) is 103 cm³/mol. The average Bonchev–Trinajstić information content (AvgIpc) is 3.51. The Kier molecular flexibility index (Phi) is 4.12. The number of carbonyl (C=O) groups excluding carboxylic acids is 1. The van der Waals surface area contributed by atoms with Gasteiger partial charge in [-0.1, -0.05) is 0 Å². The molecule has 30 heavy (non-hydrogen) atoms. The second-order valence-electron chi connectivity index (χ2n) is 6.31. The van der Waals surface area contributed by atoms with Crippen LogP contribution in [0.3, 0.4) is 0 Å². The minimum absolute atomic E-state index is 0.0594. The highest BCUT2D eigenvalue weighted by atomic mass is 16.5. The van der Waals surface area contributed by atoms with Crippen LogP contribution >= 0.6 is 0 Å². The summed E-state index contributed by atoms with van der Waals surface area (Å²) < 4.78 is 18.6. The normalized spacial score (nSPS) is 11.3. The SMILES string of the molecule is COC(=O)Cc1nn(-c2ccc(OC)cc2)c2c1nnc1nc(-c3ccco3)nn12. The van der Waals surface area contributed by atoms with Crippen molar-refractivity contribution in [1.82, 2.24) is 34.6 Å². The molecule has 0 bridgehead atoms. The van der Waals surface area contributed by atoms with Crippen LogP contribution < -0.4 is 4.74 Å². The van der Waals surface area contributed by atoms with Crippen LogP contribution in [0.1, 0.15) is 5.69 Å². The molecule has 0 spiro atoms. The first kappa shape index (κ1) is 17.8. The van der Waals surface area contributed by atoms with Crippen LogP contribution in [-0.2, 0) is 16.0 Å². The number of aromatic nitrogens is 7. The van der Waals surface area contributed by atoms with Gasteiger partial charge in [-0.25, -0.2) is 4.68 Å². The number of rotatable bonds is 5. The summed E-state index contributed by atoms with van der Waals surface area (Å²) in [5.41, 5.74) is 2.06. The van der Waals surface area contributed by atoms with Crippen molar-refractivity contribution in [2.45, 2.75) is 6.42 Å². The van der Waals surface area contributed by atoms with E-state index in [0.717, 1.165) is 5.69 Å². The van der Waals surface area contributed by atoms with Gasteiger partial charge in [-0.05, 0) is 36.4 Å². The van der Waals surface area contributed by atoms with Crippen molar-refractivity contribution in [1.29, 1.82) is 0 Å². The second-order valence-corrected chi connectivity index (χ2v) is 6.31. The molecule has 0 saturated heterocycles. The van der Waals surface area contributed by atoms with Gasteiger partial charge in [-0.3, -0.25) is 4.79 Å². The molecule has 1 aromatic carbocycles. The lowest BCUT2D eigenvalue weighted by molar-refractivity contribution is -0.139. The van der Waals surface area contributed by atoms with Crippen LogP contribution in [0.15, 0.2) is 47.1 Å². The number of ether oxygens (including phenoxy) is 2. The smallest absolute Gasteiger partial charge is 0.311 e. The number of hydrogen-bond donors (Lipinski definition) is 0. The zero-order valence-electron chi connectivity index (χ0n) is 16.0. The monoisotopic (exact) mass is 405 g/mol. The van der Waals surface area contributed by atoms with Crippen molar-refractivity contribution in [2.24, 2.45) is 0 Å². The Morgan fingerprint density at radius 1 is 1.10 bits per heavy atom. The fourth-order valence-corrected chi connectivity index (χ4v) is 3.08. The Bertz CT molecular complexity index is 1350. The van der Waals surface area contributed by atoms with E-state index in [1.165, 1.54) is 11.6 Å². The molecule has 0 saturated carbocycles. The first-order valence-electron chi connectivity index (χ1n) is 8.94. The molecule has 5 aromatic rings. The number of esters is 1. The van der Waals surface area contributed by atoms with E-state index in [0.29, 0.717) is 34.2 Å². The Labute approximate surface area is 168 Å². The average molecular weight is 405 g/mol. The van der Waals surface area contributed by atoms with Gasteiger partial charge < -0.3 is 13.9 Å². The summed E-state index contributed by atoms with van der Waals surface area (Å²) in [4.78, 5) is 16.3. The lowest BCUT2D eigenvalue weighted by Crippen LogP contribution is -2.06. The third-order valence-corrected chi connectivity index (χ3v) is 4.53. The van der Waals surface area contributed by atoms with Gasteiger partial charge in [0.15, 0.2) is 16.9 Å². The fourth-order valence-electron chi connectivity index (χ4n) is 3.08. The summed E-state index contributed by atoms with van der Waals surface area (Å²) in [5.74, 6) is 1.40. The van der Waals surface area contributed by atoms with Crippen LogP contribution in [0.25, 0.3) is 34.2 Å². The van der Waals surface area contributed by atoms with Crippen molar-refractivity contribution in [3.63, 3.8) is 0 Å². The van der Waals surface area contributed by atoms with E-state index in [1.807, 2.05) is 24.3 Å². The summed E-state index contributed by atoms with van der Waals surface area (Å²) in [7, 11) is 2.92. The van der Waals surface area contributed by atoms with Gasteiger partial charge in [0.05, 0.1) is 32.6 Å². The molecule has 0 amide bonds. The number of methoxy groups -OCH3 is 2. The summed E-state index contributed by atoms with van der Waals surface area (Å²) >= 11 is 0. The molecule has 0 N–H and O–H groups in total. The number of furan rings is 1. The molecule has 11 nitrogen and oxygen atoms in total. The predicted octanol–water partition coefficient (Wildman–Crippen LogP) is 1.84. The van der Waals surface area contributed by atoms with E-state index in [-0.39, 0.29) is 12.2 Å². The molecule has 0 radical (unpaired) electrons. The van der Waals surface area contributed by atoms with Gasteiger partial charge >= 0.3 is 5.97 Å². The first-order valence-corrected chi connectivity index (χ1v) is 8.94. The first-order chi connectivity index (χ1) is 14.7. The minimum Gasteiger partial charge on any atom is -0.497 e. The van der Waals surface area contributed by atoms with E-state index < -0.39 is 5.97 Å². The third kappa shape index (κ3) is 2.83. The van der Waals surface area contributed by atoms with E-state index >= 15 is 0 Å². The topological polar surface area (TPSA) is 122 Å². The maximum Gasteiger partial charge on any atom is 0.311 e. The van der Waals surface area contributed by atoms with Crippen LogP contribution in [0.4, 0.5) is 0 Å². The van der Waals surface area contributed by atoms with Crippen molar-refractivity contribution in [2.75, 3.05) is 14.2 Å². The molecule has 0 aliphatic rings. The van der Waals surface area contributed by atoms with E-state index in [1.54, 1.807) is 30.2 Å². The minimum atomic E-state index is -0.437. The number of hydrogen-bond acceptors (Lipinski definition) is 9. The van der Waals surface area contributed by atoms with Crippen LogP contribution in [0.5, 0.6) is 5.75 Å². The van der Waals surface area contributed by atoms with Gasteiger partial charge in [0.1, 0.15) is 11.4 Å². The fraction of sp³-hybridized carbons (Fsp3) is 0.158. The van der Waals surface area contributed by atoms with E-state index in [9.17, 15) is 4.79 Å². The van der Waals surface area contributed by atoms with E-state index in [4.69, 9.17) is 13.9 Å². The molecule has 0 atom stereocenters. The van der Waals surface area contributed by atoms with Crippen molar-refractivity contribution in [3.8, 4) is 23.0 Å². The highest BCUT2D eigenvalue weighted by Gasteiger charge is 2.22. The number of benzene rings is 1. The highest BCUT2D eigenvalue weighted by Crippen LogP contribution is 2.24. The van der Waals surface area contributed by atoms with Crippen molar-refractivity contribution in [3.05, 3.63) is 48.4 Å². The molecule has 150 valence electrons. The quantitative estimate of drug-likeness (QED) is 0.403. The Morgan fingerprint density at radius 2 is 1.93 bits per heavy atom. The van der Waals surface area contributed by atoms with Crippen LogP contribution in [0, 0.1) is 0 Å². The molecule has 0 fully saturated rings. The molecule has 0 aliphatic heterocycles. The Hall–Kier alpha value is -4.28. The summed E-state index contributed by atoms with van der Waals surface area (Å²) in [6.45, 7) is 0. The number of carbonyl (C=O) groups is 1. The van der Waals surface area contributed by atoms with Gasteiger partial charge in [-0.2, -0.15) is 14.6 Å². The maximum atomic E-state index is 11.9. The van der Waals surface area contributed by atoms with E-state index in [2.05, 4.69) is 25.4 Å². The molecule has 4 aromatic heterocycles. The summed E-state index contributed by atoms with van der Waals surface area (Å²) in [6, 6.07) is 10.8. The number of fused-ring (bicyclic) bond motifs is 3. The Balaban J connectivity index is 1.77. The summed E-state index contributed by atoms with van der Waals surface area (Å²) in [6.07, 6.45) is 1.48. The van der Waals surface area contributed by atoms with Gasteiger partial charge in [-0.15, -0.1) is 15.3 Å². The largest absolute Gasteiger partial charge is 0.497 e. The second kappa shape index (κ2) is 6.95. The maximum absolute atomic E-state index is 11.9. The molecule has 5 rings (SSSR count). The molecule has 0 unspecified atom stereocenters. The lowest BCUT2D eigenvalue weighted by atomic mass is 10.3. The van der Waals surface area contributed by atoms with Gasteiger partial charge in [0.2, 0.25) is 5.82 Å². The Morgan fingerprint density at radius 3 is 2.63 bits per heavy atom. The van der Waals surface area contributed by atoms with Crippen molar-refractivity contribution < 1.29 is 18.7 Å². The zero-order valence-corrected chi connectivity index (χ0v) is 16.0. The molecular weight excluding hydrogens is 390 g/mol.